The highest BCUT2D eigenvalue weighted by Crippen LogP contribution is 2.26. The monoisotopic (exact) mass is 323 g/mol. The quantitative estimate of drug-likeness (QED) is 0.705. The molecule has 0 unspecified atom stereocenters. The molecule has 0 saturated carbocycles. The van der Waals surface area contributed by atoms with Crippen molar-refractivity contribution in [3.8, 4) is 0 Å². The molecule has 1 aliphatic rings. The first-order chi connectivity index (χ1) is 11.7. The molecule has 2 aromatic heterocycles. The first-order valence-corrected chi connectivity index (χ1v) is 7.76. The number of aromatic nitrogens is 6. The standard InChI is InChI=1S/C16H17N7O/c1-21-8-14-19-20-15(9-22-11-17-10-18-22)23(14)13(16(21)24)7-12-5-3-2-4-6-12/h2-6,10-11,13H,7-9H2,1H3/t13-/m1/s1. The second-order valence-corrected chi connectivity index (χ2v) is 5.90. The molecule has 1 amide bonds. The molecule has 0 aliphatic carbocycles. The summed E-state index contributed by atoms with van der Waals surface area (Å²) >= 11 is 0. The Hall–Kier alpha value is -3.03. The molecule has 1 aromatic carbocycles. The van der Waals surface area contributed by atoms with Gasteiger partial charge in [-0.05, 0) is 5.56 Å². The Kier molecular flexibility index (Phi) is 3.56. The molecule has 3 heterocycles. The van der Waals surface area contributed by atoms with Crippen molar-refractivity contribution in [3.63, 3.8) is 0 Å². The molecule has 122 valence electrons. The van der Waals surface area contributed by atoms with Gasteiger partial charge in [-0.25, -0.2) is 9.67 Å². The summed E-state index contributed by atoms with van der Waals surface area (Å²) in [6.07, 6.45) is 3.72. The van der Waals surface area contributed by atoms with E-state index in [4.69, 9.17) is 0 Å². The lowest BCUT2D eigenvalue weighted by atomic mass is 10.0. The van der Waals surface area contributed by atoms with Gasteiger partial charge in [0.05, 0.1) is 6.54 Å². The van der Waals surface area contributed by atoms with Crippen molar-refractivity contribution in [1.82, 2.24) is 34.4 Å². The molecule has 0 spiro atoms. The smallest absolute Gasteiger partial charge is 0.246 e. The van der Waals surface area contributed by atoms with Crippen molar-refractivity contribution < 1.29 is 4.79 Å². The Morgan fingerprint density at radius 2 is 2.04 bits per heavy atom. The SMILES string of the molecule is CN1Cc2nnc(Cn3cncn3)n2[C@H](Cc2ccccc2)C1=O. The molecule has 24 heavy (non-hydrogen) atoms. The van der Waals surface area contributed by atoms with E-state index in [0.717, 1.165) is 17.2 Å². The molecule has 1 aliphatic heterocycles. The number of hydrogen-bond donors (Lipinski definition) is 0. The fourth-order valence-corrected chi connectivity index (χ4v) is 3.07. The van der Waals surface area contributed by atoms with Crippen LogP contribution in [0.1, 0.15) is 23.3 Å². The minimum absolute atomic E-state index is 0.0750. The number of carbonyl (C=O) groups excluding carboxylic acids is 1. The van der Waals surface area contributed by atoms with Crippen LogP contribution in [0.4, 0.5) is 0 Å². The molecule has 0 bridgehead atoms. The lowest BCUT2D eigenvalue weighted by Gasteiger charge is -2.31. The molecule has 0 N–H and O–H groups in total. The number of amides is 1. The Bertz CT molecular complexity index is 841. The van der Waals surface area contributed by atoms with Gasteiger partial charge in [-0.2, -0.15) is 5.10 Å². The average molecular weight is 323 g/mol. The van der Waals surface area contributed by atoms with Gasteiger partial charge in [-0.3, -0.25) is 9.36 Å². The average Bonchev–Trinajstić information content (AvgIpc) is 3.23. The zero-order valence-electron chi connectivity index (χ0n) is 13.3. The van der Waals surface area contributed by atoms with E-state index < -0.39 is 0 Å². The van der Waals surface area contributed by atoms with Crippen LogP contribution in [0.2, 0.25) is 0 Å². The van der Waals surface area contributed by atoms with Crippen LogP contribution in [0.25, 0.3) is 0 Å². The summed E-state index contributed by atoms with van der Waals surface area (Å²) in [4.78, 5) is 18.4. The summed E-state index contributed by atoms with van der Waals surface area (Å²) in [5, 5.41) is 12.7. The first-order valence-electron chi connectivity index (χ1n) is 7.76. The van der Waals surface area contributed by atoms with Gasteiger partial charge in [0.15, 0.2) is 11.6 Å². The van der Waals surface area contributed by atoms with Crippen molar-refractivity contribution in [1.29, 1.82) is 0 Å². The van der Waals surface area contributed by atoms with E-state index in [-0.39, 0.29) is 11.9 Å². The molecule has 0 saturated heterocycles. The van der Waals surface area contributed by atoms with E-state index in [9.17, 15) is 4.79 Å². The fraction of sp³-hybridized carbons (Fsp3) is 0.312. The largest absolute Gasteiger partial charge is 0.336 e. The highest BCUT2D eigenvalue weighted by Gasteiger charge is 2.34. The normalized spacial score (nSPS) is 17.1. The lowest BCUT2D eigenvalue weighted by Crippen LogP contribution is -2.42. The van der Waals surface area contributed by atoms with Gasteiger partial charge in [0.1, 0.15) is 25.2 Å². The zero-order chi connectivity index (χ0) is 16.5. The molecule has 8 nitrogen and oxygen atoms in total. The molecule has 0 fully saturated rings. The van der Waals surface area contributed by atoms with Crippen LogP contribution in [-0.4, -0.2) is 47.4 Å². The van der Waals surface area contributed by atoms with Crippen LogP contribution in [-0.2, 0) is 24.3 Å². The summed E-state index contributed by atoms with van der Waals surface area (Å²) in [7, 11) is 1.80. The zero-order valence-corrected chi connectivity index (χ0v) is 13.3. The molecular weight excluding hydrogens is 306 g/mol. The van der Waals surface area contributed by atoms with Crippen molar-refractivity contribution in [2.24, 2.45) is 0 Å². The summed E-state index contributed by atoms with van der Waals surface area (Å²) < 4.78 is 3.64. The van der Waals surface area contributed by atoms with Gasteiger partial charge >= 0.3 is 0 Å². The van der Waals surface area contributed by atoms with E-state index in [0.29, 0.717) is 19.5 Å². The van der Waals surface area contributed by atoms with E-state index >= 15 is 0 Å². The van der Waals surface area contributed by atoms with Crippen molar-refractivity contribution >= 4 is 5.91 Å². The minimum Gasteiger partial charge on any atom is -0.336 e. The maximum Gasteiger partial charge on any atom is 0.246 e. The van der Waals surface area contributed by atoms with E-state index in [1.807, 2.05) is 34.9 Å². The third-order valence-corrected chi connectivity index (χ3v) is 4.23. The predicted molar refractivity (Wildman–Crippen MR) is 84.8 cm³/mol. The van der Waals surface area contributed by atoms with Crippen LogP contribution < -0.4 is 0 Å². The van der Waals surface area contributed by atoms with Gasteiger partial charge < -0.3 is 4.90 Å². The molecule has 8 heteroatoms. The third kappa shape index (κ3) is 2.55. The van der Waals surface area contributed by atoms with Gasteiger partial charge in [0, 0.05) is 13.5 Å². The van der Waals surface area contributed by atoms with E-state index in [1.165, 1.54) is 6.33 Å². The summed E-state index contributed by atoms with van der Waals surface area (Å²) in [5.41, 5.74) is 1.11. The number of likely N-dealkylation sites (N-methyl/N-ethyl adjacent to an activating group) is 1. The highest BCUT2D eigenvalue weighted by molar-refractivity contribution is 5.81. The van der Waals surface area contributed by atoms with E-state index in [1.54, 1.807) is 23.0 Å². The van der Waals surface area contributed by atoms with Crippen LogP contribution in [0.15, 0.2) is 43.0 Å². The summed E-state index contributed by atoms with van der Waals surface area (Å²) in [5.74, 6) is 1.59. The Labute approximate surface area is 138 Å². The van der Waals surface area contributed by atoms with Gasteiger partial charge in [0.25, 0.3) is 0 Å². The van der Waals surface area contributed by atoms with Gasteiger partial charge in [0.2, 0.25) is 5.91 Å². The van der Waals surface area contributed by atoms with Crippen molar-refractivity contribution in [2.45, 2.75) is 25.6 Å². The second-order valence-electron chi connectivity index (χ2n) is 5.90. The number of fused-ring (bicyclic) bond motifs is 1. The third-order valence-electron chi connectivity index (χ3n) is 4.23. The number of benzene rings is 1. The summed E-state index contributed by atoms with van der Waals surface area (Å²) in [6, 6.07) is 9.66. The van der Waals surface area contributed by atoms with Crippen LogP contribution >= 0.6 is 0 Å². The second kappa shape index (κ2) is 5.88. The minimum atomic E-state index is -0.338. The number of nitrogens with zero attached hydrogens (tertiary/aromatic N) is 7. The van der Waals surface area contributed by atoms with Crippen molar-refractivity contribution in [3.05, 3.63) is 60.2 Å². The molecular formula is C16H17N7O. The maximum atomic E-state index is 12.8. The molecule has 0 radical (unpaired) electrons. The molecule has 4 rings (SSSR count). The maximum absolute atomic E-state index is 12.8. The highest BCUT2D eigenvalue weighted by atomic mass is 16.2. The van der Waals surface area contributed by atoms with Crippen LogP contribution in [0.5, 0.6) is 0 Å². The van der Waals surface area contributed by atoms with Gasteiger partial charge in [-0.15, -0.1) is 10.2 Å². The van der Waals surface area contributed by atoms with Crippen LogP contribution in [0, 0.1) is 0 Å². The number of rotatable bonds is 4. The fourth-order valence-electron chi connectivity index (χ4n) is 3.07. The Morgan fingerprint density at radius 1 is 1.21 bits per heavy atom. The number of carbonyl (C=O) groups is 1. The predicted octanol–water partition coefficient (Wildman–Crippen LogP) is 0.674. The molecule has 1 atom stereocenters. The van der Waals surface area contributed by atoms with E-state index in [2.05, 4.69) is 20.3 Å². The van der Waals surface area contributed by atoms with Crippen LogP contribution in [0.3, 0.4) is 0 Å². The number of hydrogen-bond acceptors (Lipinski definition) is 5. The van der Waals surface area contributed by atoms with Crippen molar-refractivity contribution in [2.75, 3.05) is 7.05 Å². The molecule has 3 aromatic rings. The topological polar surface area (TPSA) is 81.7 Å². The first kappa shape index (κ1) is 14.6. The van der Waals surface area contributed by atoms with Gasteiger partial charge in [-0.1, -0.05) is 30.3 Å². The summed E-state index contributed by atoms with van der Waals surface area (Å²) in [6.45, 7) is 0.907. The Morgan fingerprint density at radius 3 is 2.79 bits per heavy atom. The lowest BCUT2D eigenvalue weighted by molar-refractivity contribution is -0.136. The Balaban J connectivity index is 1.71.